The van der Waals surface area contributed by atoms with E-state index in [1.165, 1.54) is 0 Å². The molecule has 3 heteroatoms. The second kappa shape index (κ2) is 8.73. The molecule has 0 atom stereocenters. The Morgan fingerprint density at radius 2 is 0.900 bits per heavy atom. The molecule has 0 bridgehead atoms. The Morgan fingerprint density at radius 3 is 1.43 bits per heavy atom. The van der Waals surface area contributed by atoms with Gasteiger partial charge in [-0.3, -0.25) is 0 Å². The first kappa shape index (κ1) is 22.4. The van der Waals surface area contributed by atoms with Crippen molar-refractivity contribution < 1.29 is 8.83 Å². The standard InChI is InChI=1S/C37H21NO2/c38-22-23-15-17-24(18-16-23)25-19-26(28-9-5-13-34-36(28)30-7-1-3-11-32(30)39-34)21-27(20-25)29-10-6-14-35-37(29)31-8-2-4-12-33(31)40-35/h1-21H. The average molecular weight is 512 g/mol. The van der Waals surface area contributed by atoms with Gasteiger partial charge in [0, 0.05) is 21.5 Å². The van der Waals surface area contributed by atoms with Crippen molar-refractivity contribution in [2.45, 2.75) is 0 Å². The molecule has 2 aromatic heterocycles. The van der Waals surface area contributed by atoms with E-state index in [0.717, 1.165) is 77.3 Å². The third-order valence-electron chi connectivity index (χ3n) is 7.71. The van der Waals surface area contributed by atoms with Crippen molar-refractivity contribution in [2.24, 2.45) is 0 Å². The number of nitriles is 1. The van der Waals surface area contributed by atoms with E-state index in [1.807, 2.05) is 60.7 Å². The van der Waals surface area contributed by atoms with Gasteiger partial charge in [0.05, 0.1) is 11.6 Å². The van der Waals surface area contributed by atoms with Gasteiger partial charge in [0.25, 0.3) is 0 Å². The van der Waals surface area contributed by atoms with Crippen molar-refractivity contribution in [3.05, 3.63) is 133 Å². The van der Waals surface area contributed by atoms with Crippen LogP contribution in [0, 0.1) is 11.3 Å². The maximum Gasteiger partial charge on any atom is 0.136 e. The second-order valence-electron chi connectivity index (χ2n) is 10.0. The molecular weight excluding hydrogens is 490 g/mol. The van der Waals surface area contributed by atoms with Crippen molar-refractivity contribution in [1.82, 2.24) is 0 Å². The lowest BCUT2D eigenvalue weighted by atomic mass is 9.90. The first-order chi connectivity index (χ1) is 19.8. The third kappa shape index (κ3) is 3.44. The summed E-state index contributed by atoms with van der Waals surface area (Å²) >= 11 is 0. The highest BCUT2D eigenvalue weighted by molar-refractivity contribution is 6.14. The summed E-state index contributed by atoms with van der Waals surface area (Å²) in [6.07, 6.45) is 0. The van der Waals surface area contributed by atoms with E-state index >= 15 is 0 Å². The van der Waals surface area contributed by atoms with Crippen LogP contribution >= 0.6 is 0 Å². The van der Waals surface area contributed by atoms with Crippen LogP contribution < -0.4 is 0 Å². The molecular formula is C37H21NO2. The molecule has 0 aliphatic rings. The predicted molar refractivity (Wildman–Crippen MR) is 162 cm³/mol. The molecule has 40 heavy (non-hydrogen) atoms. The van der Waals surface area contributed by atoms with Gasteiger partial charge in [-0.15, -0.1) is 0 Å². The molecule has 6 aromatic carbocycles. The largest absolute Gasteiger partial charge is 0.456 e. The minimum absolute atomic E-state index is 0.643. The maximum atomic E-state index is 9.35. The van der Waals surface area contributed by atoms with E-state index < -0.39 is 0 Å². The number of nitrogens with zero attached hydrogens (tertiary/aromatic N) is 1. The summed E-state index contributed by atoms with van der Waals surface area (Å²) in [6, 6.07) is 45.6. The number of fused-ring (bicyclic) bond motifs is 6. The summed E-state index contributed by atoms with van der Waals surface area (Å²) in [5.41, 5.74) is 10.7. The normalized spacial score (nSPS) is 11.5. The molecule has 0 saturated heterocycles. The average Bonchev–Trinajstić information content (AvgIpc) is 3.59. The van der Waals surface area contributed by atoms with Crippen LogP contribution in [0.2, 0.25) is 0 Å². The minimum Gasteiger partial charge on any atom is -0.456 e. The van der Waals surface area contributed by atoms with E-state index in [0.29, 0.717) is 5.56 Å². The van der Waals surface area contributed by atoms with Gasteiger partial charge in [0.15, 0.2) is 0 Å². The molecule has 0 aliphatic heterocycles. The Labute approximate surface area is 230 Å². The monoisotopic (exact) mass is 511 g/mol. The summed E-state index contributed by atoms with van der Waals surface area (Å²) in [7, 11) is 0. The zero-order valence-corrected chi connectivity index (χ0v) is 21.4. The van der Waals surface area contributed by atoms with E-state index in [4.69, 9.17) is 8.83 Å². The van der Waals surface area contributed by atoms with Crippen LogP contribution in [-0.2, 0) is 0 Å². The van der Waals surface area contributed by atoms with Gasteiger partial charge in [-0.2, -0.15) is 5.26 Å². The Bertz CT molecular complexity index is 2140. The summed E-state index contributed by atoms with van der Waals surface area (Å²) in [6.45, 7) is 0. The van der Waals surface area contributed by atoms with Crippen molar-refractivity contribution in [3.63, 3.8) is 0 Å². The van der Waals surface area contributed by atoms with Gasteiger partial charge >= 0.3 is 0 Å². The number of hydrogen-bond donors (Lipinski definition) is 0. The van der Waals surface area contributed by atoms with Gasteiger partial charge in [-0.05, 0) is 88.0 Å². The van der Waals surface area contributed by atoms with E-state index in [2.05, 4.69) is 72.8 Å². The maximum absolute atomic E-state index is 9.35. The van der Waals surface area contributed by atoms with Crippen LogP contribution in [0.25, 0.3) is 77.3 Å². The highest BCUT2D eigenvalue weighted by atomic mass is 16.3. The Hall–Kier alpha value is -5.59. The molecule has 0 spiro atoms. The number of hydrogen-bond acceptors (Lipinski definition) is 3. The highest BCUT2D eigenvalue weighted by Crippen LogP contribution is 2.42. The van der Waals surface area contributed by atoms with Crippen molar-refractivity contribution >= 4 is 43.9 Å². The van der Waals surface area contributed by atoms with Crippen molar-refractivity contribution in [1.29, 1.82) is 5.26 Å². The minimum atomic E-state index is 0.643. The quantitative estimate of drug-likeness (QED) is 0.237. The fourth-order valence-corrected chi connectivity index (χ4v) is 5.87. The van der Waals surface area contributed by atoms with Crippen LogP contribution in [-0.4, -0.2) is 0 Å². The second-order valence-corrected chi connectivity index (χ2v) is 10.0. The lowest BCUT2D eigenvalue weighted by Crippen LogP contribution is -1.88. The highest BCUT2D eigenvalue weighted by Gasteiger charge is 2.17. The molecule has 8 aromatic rings. The van der Waals surface area contributed by atoms with Crippen LogP contribution in [0.5, 0.6) is 0 Å². The summed E-state index contributed by atoms with van der Waals surface area (Å²) in [5.74, 6) is 0. The van der Waals surface area contributed by atoms with Gasteiger partial charge in [0.2, 0.25) is 0 Å². The van der Waals surface area contributed by atoms with Crippen LogP contribution in [0.1, 0.15) is 5.56 Å². The zero-order valence-electron chi connectivity index (χ0n) is 21.4. The fraction of sp³-hybridized carbons (Fsp3) is 0. The van der Waals surface area contributed by atoms with Gasteiger partial charge in [0.1, 0.15) is 22.3 Å². The predicted octanol–water partition coefficient (Wildman–Crippen LogP) is 10.4. The Kier molecular flexibility index (Phi) is 4.89. The fourth-order valence-electron chi connectivity index (χ4n) is 5.87. The lowest BCUT2D eigenvalue weighted by Gasteiger charge is -2.13. The van der Waals surface area contributed by atoms with E-state index in [-0.39, 0.29) is 0 Å². The topological polar surface area (TPSA) is 50.1 Å². The van der Waals surface area contributed by atoms with E-state index in [9.17, 15) is 5.26 Å². The Balaban J connectivity index is 1.44. The summed E-state index contributed by atoms with van der Waals surface area (Å²) in [4.78, 5) is 0. The number of furan rings is 2. The molecule has 0 aliphatic carbocycles. The molecule has 186 valence electrons. The molecule has 8 rings (SSSR count). The van der Waals surface area contributed by atoms with Crippen LogP contribution in [0.4, 0.5) is 0 Å². The molecule has 0 saturated carbocycles. The molecule has 2 heterocycles. The molecule has 0 amide bonds. The number of para-hydroxylation sites is 2. The third-order valence-corrected chi connectivity index (χ3v) is 7.71. The molecule has 0 radical (unpaired) electrons. The van der Waals surface area contributed by atoms with Gasteiger partial charge in [-0.25, -0.2) is 0 Å². The SMILES string of the molecule is N#Cc1ccc(-c2cc(-c3cccc4oc5ccccc5c34)cc(-c3cccc4oc5ccccc5c34)c2)cc1. The van der Waals surface area contributed by atoms with E-state index in [1.54, 1.807) is 0 Å². The summed E-state index contributed by atoms with van der Waals surface area (Å²) in [5, 5.41) is 13.8. The zero-order chi connectivity index (χ0) is 26.6. The van der Waals surface area contributed by atoms with Crippen LogP contribution in [0.3, 0.4) is 0 Å². The van der Waals surface area contributed by atoms with Gasteiger partial charge < -0.3 is 8.83 Å². The first-order valence-corrected chi connectivity index (χ1v) is 13.2. The molecule has 0 N–H and O–H groups in total. The Morgan fingerprint density at radius 1 is 0.425 bits per heavy atom. The molecule has 0 fully saturated rings. The van der Waals surface area contributed by atoms with Crippen LogP contribution in [0.15, 0.2) is 136 Å². The molecule has 3 nitrogen and oxygen atoms in total. The molecule has 0 unspecified atom stereocenters. The lowest BCUT2D eigenvalue weighted by molar-refractivity contribution is 0.668. The number of benzene rings is 6. The summed E-state index contributed by atoms with van der Waals surface area (Å²) < 4.78 is 12.4. The first-order valence-electron chi connectivity index (χ1n) is 13.2. The van der Waals surface area contributed by atoms with Crippen molar-refractivity contribution in [3.8, 4) is 39.4 Å². The smallest absolute Gasteiger partial charge is 0.136 e. The number of rotatable bonds is 3. The van der Waals surface area contributed by atoms with Gasteiger partial charge in [-0.1, -0.05) is 72.8 Å². The van der Waals surface area contributed by atoms with Crippen molar-refractivity contribution in [2.75, 3.05) is 0 Å².